The predicted molar refractivity (Wildman–Crippen MR) is 118 cm³/mol. The van der Waals surface area contributed by atoms with Crippen LogP contribution in [0.5, 0.6) is 17.2 Å². The highest BCUT2D eigenvalue weighted by Gasteiger charge is 2.40. The molecule has 2 aliphatic heterocycles. The van der Waals surface area contributed by atoms with Crippen molar-refractivity contribution >= 4 is 11.4 Å². The number of ether oxygens (including phenoxy) is 1. The zero-order valence-electron chi connectivity index (χ0n) is 16.6. The number of phenolic OH excluding ortho intramolecular Hbond substituents is 1. The molecule has 2 atom stereocenters. The van der Waals surface area contributed by atoms with Gasteiger partial charge in [-0.2, -0.15) is 5.26 Å². The first-order chi connectivity index (χ1) is 15.2. The first-order valence-corrected chi connectivity index (χ1v) is 10.0. The van der Waals surface area contributed by atoms with E-state index in [2.05, 4.69) is 16.5 Å². The summed E-state index contributed by atoms with van der Waals surface area (Å²) < 4.78 is 5.87. The summed E-state index contributed by atoms with van der Waals surface area (Å²) in [4.78, 5) is 4.66. The first-order valence-electron chi connectivity index (χ1n) is 10.0. The monoisotopic (exact) mass is 408 g/mol. The van der Waals surface area contributed by atoms with Gasteiger partial charge in [-0.25, -0.2) is 5.43 Å². The third-order valence-corrected chi connectivity index (χ3v) is 5.41. The highest BCUT2D eigenvalue weighted by atomic mass is 16.5. The van der Waals surface area contributed by atoms with Crippen LogP contribution in [0.1, 0.15) is 17.2 Å². The number of rotatable bonds is 4. The van der Waals surface area contributed by atoms with Gasteiger partial charge in [-0.3, -0.25) is 10.0 Å². The van der Waals surface area contributed by atoms with Gasteiger partial charge in [0.25, 0.3) is 0 Å². The molecule has 2 aliphatic rings. The van der Waals surface area contributed by atoms with Crippen LogP contribution in [0.15, 0.2) is 90.1 Å². The van der Waals surface area contributed by atoms with Crippen LogP contribution in [0, 0.1) is 17.2 Å². The fourth-order valence-corrected chi connectivity index (χ4v) is 3.87. The summed E-state index contributed by atoms with van der Waals surface area (Å²) in [5, 5.41) is 21.4. The topological polar surface area (TPSA) is 80.9 Å². The van der Waals surface area contributed by atoms with Gasteiger partial charge >= 0.3 is 0 Å². The molecule has 0 radical (unpaired) electrons. The molecule has 0 spiro atoms. The van der Waals surface area contributed by atoms with E-state index in [1.54, 1.807) is 12.1 Å². The Balaban J connectivity index is 1.37. The van der Waals surface area contributed by atoms with Gasteiger partial charge in [0, 0.05) is 6.20 Å². The molecule has 0 amide bonds. The zero-order chi connectivity index (χ0) is 21.2. The number of phenols is 1. The average Bonchev–Trinajstić information content (AvgIpc) is 3.18. The number of nitriles is 1. The van der Waals surface area contributed by atoms with E-state index < -0.39 is 5.92 Å². The molecular formula is C25H20N4O2. The maximum atomic E-state index is 9.83. The Morgan fingerprint density at radius 1 is 1.00 bits per heavy atom. The largest absolute Gasteiger partial charge is 0.508 e. The van der Waals surface area contributed by atoms with E-state index in [0.29, 0.717) is 12.4 Å². The second kappa shape index (κ2) is 7.98. The molecule has 3 aromatic rings. The number of hydrogen-bond donors (Lipinski definition) is 2. The number of hydrazine groups is 1. The molecule has 6 nitrogen and oxygen atoms in total. The van der Waals surface area contributed by atoms with E-state index in [1.807, 2.05) is 77.9 Å². The van der Waals surface area contributed by atoms with Crippen LogP contribution in [-0.2, 0) is 0 Å². The fraction of sp³-hybridized carbons (Fsp3) is 0.120. The molecule has 0 saturated carbocycles. The van der Waals surface area contributed by atoms with Crippen molar-refractivity contribution in [3.63, 3.8) is 0 Å². The molecule has 2 heterocycles. The Bertz CT molecular complexity index is 1200. The lowest BCUT2D eigenvalue weighted by molar-refractivity contribution is 0.388. The number of hydrogen-bond acceptors (Lipinski definition) is 6. The van der Waals surface area contributed by atoms with Gasteiger partial charge in [0.05, 0.1) is 18.7 Å². The number of nitrogens with zero attached hydrogens (tertiary/aromatic N) is 3. The van der Waals surface area contributed by atoms with Crippen molar-refractivity contribution in [3.8, 4) is 23.3 Å². The second-order valence-corrected chi connectivity index (χ2v) is 7.45. The highest BCUT2D eigenvalue weighted by molar-refractivity contribution is 5.93. The van der Waals surface area contributed by atoms with Gasteiger partial charge in [0.1, 0.15) is 29.0 Å². The van der Waals surface area contributed by atoms with Crippen molar-refractivity contribution in [1.82, 2.24) is 10.4 Å². The molecule has 2 unspecified atom stereocenters. The lowest BCUT2D eigenvalue weighted by Crippen LogP contribution is -2.32. The van der Waals surface area contributed by atoms with Crippen molar-refractivity contribution in [2.45, 2.75) is 6.04 Å². The molecule has 1 fully saturated rings. The van der Waals surface area contributed by atoms with Gasteiger partial charge in [-0.1, -0.05) is 42.5 Å². The predicted octanol–water partition coefficient (Wildman–Crippen LogP) is 4.64. The third kappa shape index (κ3) is 3.75. The Labute approximate surface area is 180 Å². The summed E-state index contributed by atoms with van der Waals surface area (Å²) in [6.45, 7) is 0.464. The Kier molecular flexibility index (Phi) is 4.87. The molecule has 3 aromatic carbocycles. The van der Waals surface area contributed by atoms with Gasteiger partial charge < -0.3 is 9.84 Å². The molecule has 31 heavy (non-hydrogen) atoms. The van der Waals surface area contributed by atoms with Crippen molar-refractivity contribution in [1.29, 1.82) is 5.26 Å². The van der Waals surface area contributed by atoms with Crippen LogP contribution >= 0.6 is 0 Å². The van der Waals surface area contributed by atoms with Crippen LogP contribution in [0.25, 0.3) is 5.57 Å². The quantitative estimate of drug-likeness (QED) is 0.657. The first kappa shape index (κ1) is 18.9. The minimum Gasteiger partial charge on any atom is -0.508 e. The molecule has 0 aliphatic carbocycles. The van der Waals surface area contributed by atoms with Crippen molar-refractivity contribution in [3.05, 3.63) is 96.2 Å². The highest BCUT2D eigenvalue weighted by Crippen LogP contribution is 2.35. The molecule has 152 valence electrons. The summed E-state index contributed by atoms with van der Waals surface area (Å²) in [5.41, 5.74) is 6.25. The normalized spacial score (nSPS) is 19.8. The van der Waals surface area contributed by atoms with Crippen LogP contribution in [0.3, 0.4) is 0 Å². The summed E-state index contributed by atoms with van der Waals surface area (Å²) in [5.74, 6) is 2.04. The number of fused-ring (bicyclic) bond motifs is 1. The lowest BCUT2D eigenvalue weighted by Gasteiger charge is -2.21. The molecule has 1 saturated heterocycles. The molecular weight excluding hydrogens is 388 g/mol. The maximum absolute atomic E-state index is 9.83. The summed E-state index contributed by atoms with van der Waals surface area (Å²) in [6, 6.07) is 26.7. The van der Waals surface area contributed by atoms with Gasteiger partial charge in [0.2, 0.25) is 0 Å². The Morgan fingerprint density at radius 3 is 2.52 bits per heavy atom. The Hall–Kier alpha value is -4.08. The Morgan fingerprint density at radius 2 is 1.77 bits per heavy atom. The minimum absolute atomic E-state index is 0.214. The summed E-state index contributed by atoms with van der Waals surface area (Å²) >= 11 is 0. The van der Waals surface area contributed by atoms with E-state index >= 15 is 0 Å². The number of benzene rings is 3. The standard InChI is InChI=1S/C25H20N4O2/c26-14-23-24(17-9-11-22(12-10-17)31-21-7-2-1-3-8-21)28-29-16-19(15-27-25(23)29)18-5-4-6-20(30)13-18/h1-13,16,23-24,28,30H,15H2. The molecule has 5 rings (SSSR count). The number of para-hydroxylation sites is 1. The van der Waals surface area contributed by atoms with Crippen molar-refractivity contribution in [2.24, 2.45) is 10.9 Å². The van der Waals surface area contributed by atoms with E-state index in [0.717, 1.165) is 28.2 Å². The summed E-state index contributed by atoms with van der Waals surface area (Å²) in [7, 11) is 0. The molecule has 0 bridgehead atoms. The minimum atomic E-state index is -0.400. The molecule has 0 aromatic heterocycles. The van der Waals surface area contributed by atoms with E-state index in [1.165, 1.54) is 0 Å². The van der Waals surface area contributed by atoms with Crippen molar-refractivity contribution < 1.29 is 9.84 Å². The SMILES string of the molecule is N#CC1C2=NCC(c3cccc(O)c3)=CN2NC1c1ccc(Oc2ccccc2)cc1. The summed E-state index contributed by atoms with van der Waals surface area (Å²) in [6.07, 6.45) is 1.95. The van der Waals surface area contributed by atoms with Crippen LogP contribution in [-0.4, -0.2) is 22.5 Å². The molecule has 2 N–H and O–H groups in total. The van der Waals surface area contributed by atoms with Crippen LogP contribution < -0.4 is 10.2 Å². The number of nitrogens with one attached hydrogen (secondary N) is 1. The zero-order valence-corrected chi connectivity index (χ0v) is 16.6. The van der Waals surface area contributed by atoms with E-state index in [-0.39, 0.29) is 11.8 Å². The fourth-order valence-electron chi connectivity index (χ4n) is 3.87. The second-order valence-electron chi connectivity index (χ2n) is 7.45. The number of aliphatic imine (C=N–C) groups is 1. The van der Waals surface area contributed by atoms with E-state index in [4.69, 9.17) is 4.74 Å². The van der Waals surface area contributed by atoms with Crippen molar-refractivity contribution in [2.75, 3.05) is 6.54 Å². The third-order valence-electron chi connectivity index (χ3n) is 5.41. The van der Waals surface area contributed by atoms with Gasteiger partial charge in [-0.05, 0) is 53.1 Å². The van der Waals surface area contributed by atoms with E-state index in [9.17, 15) is 10.4 Å². The van der Waals surface area contributed by atoms with Gasteiger partial charge in [0.15, 0.2) is 0 Å². The number of amidine groups is 1. The lowest BCUT2D eigenvalue weighted by atomic mass is 9.95. The van der Waals surface area contributed by atoms with Crippen LogP contribution in [0.4, 0.5) is 0 Å². The average molecular weight is 408 g/mol. The maximum Gasteiger partial charge on any atom is 0.137 e. The molecule has 6 heteroatoms. The smallest absolute Gasteiger partial charge is 0.137 e. The van der Waals surface area contributed by atoms with Crippen LogP contribution in [0.2, 0.25) is 0 Å². The number of aromatic hydroxyl groups is 1. The van der Waals surface area contributed by atoms with Gasteiger partial charge in [-0.15, -0.1) is 0 Å².